The van der Waals surface area contributed by atoms with Gasteiger partial charge in [0.25, 0.3) is 5.91 Å². The number of likely N-dealkylation sites (tertiary alicyclic amines) is 1. The summed E-state index contributed by atoms with van der Waals surface area (Å²) in [4.78, 5) is 50.5. The van der Waals surface area contributed by atoms with Gasteiger partial charge in [-0.05, 0) is 42.9 Å². The molecule has 3 aliphatic rings. The standard InChI is InChI=1S/C20H19Cl3N2O5/c1-8-2-3-9(4-12(8)21)24-13(26)7-30-14(27)6-25-19(28)15-10-5-11(16(15)20(25)29)18(23)17(10)22/h2-4,10-11,15-18H,5-7H2,1H3,(H,24,26)/t10-,11-,15-,16+,17-,18+/m1/s1. The van der Waals surface area contributed by atoms with Gasteiger partial charge in [0.15, 0.2) is 6.61 Å². The molecule has 1 aliphatic heterocycles. The minimum Gasteiger partial charge on any atom is -0.454 e. The van der Waals surface area contributed by atoms with Crippen molar-refractivity contribution >= 4 is 64.2 Å². The molecule has 7 nitrogen and oxygen atoms in total. The van der Waals surface area contributed by atoms with E-state index >= 15 is 0 Å². The largest absolute Gasteiger partial charge is 0.454 e. The summed E-state index contributed by atoms with van der Waals surface area (Å²) >= 11 is 18.6. The third-order valence-electron chi connectivity index (χ3n) is 6.19. The number of esters is 1. The molecule has 1 aromatic rings. The Morgan fingerprint density at radius 1 is 1.13 bits per heavy atom. The number of anilines is 1. The Balaban J connectivity index is 1.31. The molecule has 1 heterocycles. The molecule has 160 valence electrons. The van der Waals surface area contributed by atoms with E-state index in [2.05, 4.69) is 5.32 Å². The topological polar surface area (TPSA) is 92.8 Å². The maximum atomic E-state index is 12.7. The molecule has 0 spiro atoms. The number of nitrogens with one attached hydrogen (secondary N) is 1. The highest BCUT2D eigenvalue weighted by atomic mass is 35.5. The second kappa shape index (κ2) is 8.02. The van der Waals surface area contributed by atoms with Gasteiger partial charge in [0.05, 0.1) is 22.6 Å². The minimum atomic E-state index is -0.842. The fourth-order valence-electron chi connectivity index (χ4n) is 4.75. The van der Waals surface area contributed by atoms with Crippen molar-refractivity contribution in [2.75, 3.05) is 18.5 Å². The fourth-order valence-corrected chi connectivity index (χ4v) is 5.83. The molecule has 1 aromatic carbocycles. The van der Waals surface area contributed by atoms with E-state index in [1.165, 1.54) is 0 Å². The number of carbonyl (C=O) groups is 4. The summed E-state index contributed by atoms with van der Waals surface area (Å²) in [6.45, 7) is 0.747. The van der Waals surface area contributed by atoms with Crippen LogP contribution < -0.4 is 5.32 Å². The van der Waals surface area contributed by atoms with Crippen molar-refractivity contribution < 1.29 is 23.9 Å². The van der Waals surface area contributed by atoms with Gasteiger partial charge in [0.2, 0.25) is 11.8 Å². The second-order valence-corrected chi connectivity index (χ2v) is 9.35. The number of aryl methyl sites for hydroxylation is 1. The van der Waals surface area contributed by atoms with Crippen LogP contribution in [0.1, 0.15) is 12.0 Å². The van der Waals surface area contributed by atoms with Gasteiger partial charge in [-0.25, -0.2) is 0 Å². The molecule has 10 heteroatoms. The molecule has 0 aromatic heterocycles. The molecule has 6 atom stereocenters. The van der Waals surface area contributed by atoms with E-state index in [4.69, 9.17) is 39.5 Å². The SMILES string of the molecule is Cc1ccc(NC(=O)COC(=O)CN2C(=O)[C@@H]3[C@H]4C[C@@H]([C@H](Cl)[C@@H]4Cl)[C@@H]3C2=O)cc1Cl. The Labute approximate surface area is 188 Å². The number of nitrogens with zero attached hydrogens (tertiary/aromatic N) is 1. The van der Waals surface area contributed by atoms with Gasteiger partial charge in [0, 0.05) is 10.7 Å². The number of benzene rings is 1. The molecule has 2 aliphatic carbocycles. The number of alkyl halides is 2. The van der Waals surface area contributed by atoms with Crippen LogP contribution in [0, 0.1) is 30.6 Å². The van der Waals surface area contributed by atoms with E-state index in [1.807, 2.05) is 6.92 Å². The van der Waals surface area contributed by atoms with Crippen molar-refractivity contribution in [3.8, 4) is 0 Å². The smallest absolute Gasteiger partial charge is 0.326 e. The zero-order chi connectivity index (χ0) is 21.7. The van der Waals surface area contributed by atoms with Gasteiger partial charge < -0.3 is 10.1 Å². The highest BCUT2D eigenvalue weighted by Gasteiger charge is 2.66. The van der Waals surface area contributed by atoms with E-state index in [9.17, 15) is 19.2 Å². The molecular weight excluding hydrogens is 455 g/mol. The summed E-state index contributed by atoms with van der Waals surface area (Å²) < 4.78 is 4.94. The molecule has 3 fully saturated rings. The van der Waals surface area contributed by atoms with E-state index in [0.29, 0.717) is 17.1 Å². The molecule has 1 saturated heterocycles. The number of hydrogen-bond donors (Lipinski definition) is 1. The van der Waals surface area contributed by atoms with Crippen molar-refractivity contribution in [3.63, 3.8) is 0 Å². The first-order valence-electron chi connectivity index (χ1n) is 9.54. The number of imide groups is 1. The predicted octanol–water partition coefficient (Wildman–Crippen LogP) is 2.60. The normalized spacial score (nSPS) is 31.8. The van der Waals surface area contributed by atoms with Crippen LogP contribution in [0.5, 0.6) is 0 Å². The van der Waals surface area contributed by atoms with Gasteiger partial charge in [-0.3, -0.25) is 24.1 Å². The first-order valence-corrected chi connectivity index (χ1v) is 10.8. The van der Waals surface area contributed by atoms with Crippen LogP contribution in [0.3, 0.4) is 0 Å². The number of ether oxygens (including phenoxy) is 1. The van der Waals surface area contributed by atoms with Crippen molar-refractivity contribution in [2.45, 2.75) is 24.1 Å². The van der Waals surface area contributed by atoms with Crippen molar-refractivity contribution in [1.29, 1.82) is 0 Å². The number of amides is 3. The molecule has 1 N–H and O–H groups in total. The zero-order valence-electron chi connectivity index (χ0n) is 15.9. The van der Waals surface area contributed by atoms with Gasteiger partial charge >= 0.3 is 5.97 Å². The van der Waals surface area contributed by atoms with Gasteiger partial charge in [-0.15, -0.1) is 23.2 Å². The Morgan fingerprint density at radius 3 is 2.30 bits per heavy atom. The molecule has 2 bridgehead atoms. The molecular formula is C20H19Cl3N2O5. The summed E-state index contributed by atoms with van der Waals surface area (Å²) in [5, 5.41) is 2.33. The number of halogens is 3. The first-order chi connectivity index (χ1) is 14.2. The summed E-state index contributed by atoms with van der Waals surface area (Å²) in [5.41, 5.74) is 1.33. The van der Waals surface area contributed by atoms with E-state index < -0.39 is 48.7 Å². The van der Waals surface area contributed by atoms with Crippen LogP contribution in [0.15, 0.2) is 18.2 Å². The summed E-state index contributed by atoms with van der Waals surface area (Å²) in [5.74, 6) is -3.60. The summed E-state index contributed by atoms with van der Waals surface area (Å²) in [6, 6.07) is 5.00. The van der Waals surface area contributed by atoms with Crippen molar-refractivity contribution in [1.82, 2.24) is 4.90 Å². The number of rotatable bonds is 5. The summed E-state index contributed by atoms with van der Waals surface area (Å²) in [7, 11) is 0. The lowest BCUT2D eigenvalue weighted by Crippen LogP contribution is -2.38. The average molecular weight is 474 g/mol. The Kier molecular flexibility index (Phi) is 5.72. The Hall–Kier alpha value is -1.83. The molecule has 30 heavy (non-hydrogen) atoms. The molecule has 0 unspecified atom stereocenters. The van der Waals surface area contributed by atoms with Gasteiger partial charge in [-0.2, -0.15) is 0 Å². The van der Waals surface area contributed by atoms with Crippen molar-refractivity contribution in [2.24, 2.45) is 23.7 Å². The monoisotopic (exact) mass is 472 g/mol. The maximum Gasteiger partial charge on any atom is 0.326 e. The first kappa shape index (κ1) is 21.4. The molecule has 2 saturated carbocycles. The molecule has 4 rings (SSSR count). The third-order valence-corrected chi connectivity index (χ3v) is 7.91. The molecule has 3 amide bonds. The Morgan fingerprint density at radius 2 is 1.73 bits per heavy atom. The van der Waals surface area contributed by atoms with Crippen LogP contribution in [-0.4, -0.2) is 52.5 Å². The van der Waals surface area contributed by atoms with Crippen LogP contribution in [0.4, 0.5) is 5.69 Å². The summed E-state index contributed by atoms with van der Waals surface area (Å²) in [6.07, 6.45) is 0.649. The highest BCUT2D eigenvalue weighted by molar-refractivity contribution is 6.32. The van der Waals surface area contributed by atoms with Crippen LogP contribution >= 0.6 is 34.8 Å². The molecule has 0 radical (unpaired) electrons. The highest BCUT2D eigenvalue weighted by Crippen LogP contribution is 2.59. The lowest BCUT2D eigenvalue weighted by Gasteiger charge is -2.28. The zero-order valence-corrected chi connectivity index (χ0v) is 18.2. The van der Waals surface area contributed by atoms with Crippen molar-refractivity contribution in [3.05, 3.63) is 28.8 Å². The quantitative estimate of drug-likeness (QED) is 0.403. The fraction of sp³-hybridized carbons (Fsp3) is 0.500. The predicted molar refractivity (Wildman–Crippen MR) is 110 cm³/mol. The van der Waals surface area contributed by atoms with Crippen LogP contribution in [-0.2, 0) is 23.9 Å². The van der Waals surface area contributed by atoms with Crippen LogP contribution in [0.25, 0.3) is 0 Å². The van der Waals surface area contributed by atoms with E-state index in [-0.39, 0.29) is 22.6 Å². The number of hydrogen-bond acceptors (Lipinski definition) is 5. The maximum absolute atomic E-state index is 12.7. The second-order valence-electron chi connectivity index (χ2n) is 7.94. The minimum absolute atomic E-state index is 0.159. The Bertz CT molecular complexity index is 907. The van der Waals surface area contributed by atoms with E-state index in [0.717, 1.165) is 10.5 Å². The van der Waals surface area contributed by atoms with Crippen LogP contribution in [0.2, 0.25) is 5.02 Å². The number of fused-ring (bicyclic) bond motifs is 5. The lowest BCUT2D eigenvalue weighted by atomic mass is 9.80. The number of carbonyl (C=O) groups excluding carboxylic acids is 4. The lowest BCUT2D eigenvalue weighted by molar-refractivity contribution is -0.154. The third kappa shape index (κ3) is 3.57. The van der Waals surface area contributed by atoms with Gasteiger partial charge in [-0.1, -0.05) is 17.7 Å². The average Bonchev–Trinajstić information content (AvgIpc) is 3.30. The van der Waals surface area contributed by atoms with Gasteiger partial charge in [0.1, 0.15) is 6.54 Å². The van der Waals surface area contributed by atoms with E-state index in [1.54, 1.807) is 18.2 Å².